The topological polar surface area (TPSA) is 61.0 Å². The van der Waals surface area contributed by atoms with Gasteiger partial charge in [-0.3, -0.25) is 0 Å². The van der Waals surface area contributed by atoms with Crippen molar-refractivity contribution in [1.29, 1.82) is 0 Å². The highest BCUT2D eigenvalue weighted by Gasteiger charge is 2.16. The molecule has 0 spiro atoms. The Morgan fingerprint density at radius 2 is 2.18 bits per heavy atom. The third kappa shape index (κ3) is 2.40. The summed E-state index contributed by atoms with van der Waals surface area (Å²) < 4.78 is 5.61. The number of anilines is 1. The second kappa shape index (κ2) is 4.98. The van der Waals surface area contributed by atoms with Crippen LogP contribution in [0.2, 0.25) is 0 Å². The molecule has 4 nitrogen and oxygen atoms in total. The Bertz CT molecular complexity index is 524. The van der Waals surface area contributed by atoms with E-state index >= 15 is 0 Å². The second-order valence-electron chi connectivity index (χ2n) is 3.90. The first-order chi connectivity index (χ1) is 8.15. The van der Waals surface area contributed by atoms with Crippen molar-refractivity contribution in [2.75, 3.05) is 12.3 Å². The Labute approximate surface area is 105 Å². The first kappa shape index (κ1) is 12.3. The Balaban J connectivity index is 2.47. The molecule has 0 bridgehead atoms. The highest BCUT2D eigenvalue weighted by atomic mass is 32.1. The molecule has 0 saturated carbocycles. The van der Waals surface area contributed by atoms with E-state index in [4.69, 9.17) is 10.5 Å². The number of hydrogen-bond donors (Lipinski definition) is 1. The van der Waals surface area contributed by atoms with Crippen LogP contribution in [0.15, 0.2) is 6.07 Å². The van der Waals surface area contributed by atoms with Gasteiger partial charge in [0.15, 0.2) is 5.82 Å². The van der Waals surface area contributed by atoms with Crippen molar-refractivity contribution < 1.29 is 4.74 Å². The predicted octanol–water partition coefficient (Wildman–Crippen LogP) is 3.07. The molecule has 2 heterocycles. The SMILES string of the molecule is CCOC(CC)c1nc(N)c2cc(C)sc2n1. The Hall–Kier alpha value is -1.20. The van der Waals surface area contributed by atoms with Crippen molar-refractivity contribution >= 4 is 27.4 Å². The smallest absolute Gasteiger partial charge is 0.161 e. The number of rotatable bonds is 4. The fraction of sp³-hybridized carbons (Fsp3) is 0.500. The van der Waals surface area contributed by atoms with E-state index in [9.17, 15) is 0 Å². The zero-order valence-electron chi connectivity index (χ0n) is 10.4. The number of hydrogen-bond acceptors (Lipinski definition) is 5. The minimum Gasteiger partial charge on any atom is -0.383 e. The zero-order chi connectivity index (χ0) is 12.4. The number of fused-ring (bicyclic) bond motifs is 1. The Morgan fingerprint density at radius 3 is 2.82 bits per heavy atom. The Morgan fingerprint density at radius 1 is 1.41 bits per heavy atom. The first-order valence-electron chi connectivity index (χ1n) is 5.80. The third-order valence-electron chi connectivity index (χ3n) is 2.59. The largest absolute Gasteiger partial charge is 0.383 e. The van der Waals surface area contributed by atoms with Crippen molar-refractivity contribution in [3.05, 3.63) is 16.8 Å². The van der Waals surface area contributed by atoms with E-state index in [1.165, 1.54) is 4.88 Å². The minimum absolute atomic E-state index is 0.0610. The van der Waals surface area contributed by atoms with Gasteiger partial charge in [0.25, 0.3) is 0 Å². The zero-order valence-corrected chi connectivity index (χ0v) is 11.2. The molecule has 5 heteroatoms. The lowest BCUT2D eigenvalue weighted by atomic mass is 10.2. The van der Waals surface area contributed by atoms with Crippen LogP contribution in [-0.4, -0.2) is 16.6 Å². The number of nitrogens with two attached hydrogens (primary N) is 1. The van der Waals surface area contributed by atoms with Gasteiger partial charge in [0.1, 0.15) is 16.8 Å². The van der Waals surface area contributed by atoms with Crippen LogP contribution in [0, 0.1) is 6.92 Å². The molecule has 2 aromatic rings. The van der Waals surface area contributed by atoms with Gasteiger partial charge in [-0.15, -0.1) is 11.3 Å². The number of nitrogens with zero attached hydrogens (tertiary/aromatic N) is 2. The fourth-order valence-electron chi connectivity index (χ4n) is 1.80. The van der Waals surface area contributed by atoms with E-state index < -0.39 is 0 Å². The summed E-state index contributed by atoms with van der Waals surface area (Å²) in [6.45, 7) is 6.73. The molecule has 0 aliphatic heterocycles. The molecule has 2 N–H and O–H groups in total. The number of aryl methyl sites for hydroxylation is 1. The molecule has 92 valence electrons. The monoisotopic (exact) mass is 251 g/mol. The van der Waals surface area contributed by atoms with E-state index in [1.807, 2.05) is 19.9 Å². The molecule has 0 aliphatic carbocycles. The van der Waals surface area contributed by atoms with Crippen LogP contribution >= 0.6 is 11.3 Å². The second-order valence-corrected chi connectivity index (χ2v) is 5.13. The van der Waals surface area contributed by atoms with Crippen molar-refractivity contribution in [3.63, 3.8) is 0 Å². The van der Waals surface area contributed by atoms with Crippen molar-refractivity contribution in [1.82, 2.24) is 9.97 Å². The van der Waals surface area contributed by atoms with Crippen LogP contribution in [0.5, 0.6) is 0 Å². The molecule has 0 saturated heterocycles. The van der Waals surface area contributed by atoms with Crippen LogP contribution in [-0.2, 0) is 4.74 Å². The molecule has 0 amide bonds. The van der Waals surface area contributed by atoms with E-state index in [-0.39, 0.29) is 6.10 Å². The number of ether oxygens (including phenoxy) is 1. The van der Waals surface area contributed by atoms with Gasteiger partial charge in [0.2, 0.25) is 0 Å². The summed E-state index contributed by atoms with van der Waals surface area (Å²) >= 11 is 1.64. The van der Waals surface area contributed by atoms with Gasteiger partial charge >= 0.3 is 0 Å². The molecular formula is C12H17N3OS. The van der Waals surface area contributed by atoms with Crippen molar-refractivity contribution in [2.24, 2.45) is 0 Å². The normalized spacial score (nSPS) is 13.1. The number of nitrogen functional groups attached to an aromatic ring is 1. The lowest BCUT2D eigenvalue weighted by Gasteiger charge is -2.13. The molecule has 1 atom stereocenters. The van der Waals surface area contributed by atoms with Gasteiger partial charge < -0.3 is 10.5 Å². The Kier molecular flexibility index (Phi) is 3.59. The summed E-state index contributed by atoms with van der Waals surface area (Å²) in [5.41, 5.74) is 5.96. The van der Waals surface area contributed by atoms with Gasteiger partial charge in [0, 0.05) is 11.5 Å². The van der Waals surface area contributed by atoms with E-state index in [0.29, 0.717) is 18.2 Å². The summed E-state index contributed by atoms with van der Waals surface area (Å²) in [5, 5.41) is 0.947. The highest BCUT2D eigenvalue weighted by Crippen LogP contribution is 2.29. The molecule has 0 aromatic carbocycles. The van der Waals surface area contributed by atoms with Gasteiger partial charge in [-0.25, -0.2) is 9.97 Å². The predicted molar refractivity (Wildman–Crippen MR) is 71.2 cm³/mol. The molecule has 2 rings (SSSR count). The molecule has 0 radical (unpaired) electrons. The molecule has 2 aromatic heterocycles. The summed E-state index contributed by atoms with van der Waals surface area (Å²) in [4.78, 5) is 11.0. The van der Waals surface area contributed by atoms with Crippen molar-refractivity contribution in [3.8, 4) is 0 Å². The van der Waals surface area contributed by atoms with Gasteiger partial charge in [-0.1, -0.05) is 6.92 Å². The molecule has 1 unspecified atom stereocenters. The number of aromatic nitrogens is 2. The average Bonchev–Trinajstić information content (AvgIpc) is 2.67. The fourth-order valence-corrected chi connectivity index (χ4v) is 2.70. The van der Waals surface area contributed by atoms with Crippen LogP contribution in [0.4, 0.5) is 5.82 Å². The standard InChI is InChI=1S/C12H17N3OS/c1-4-9(16-5-2)11-14-10(13)8-6-7(3)17-12(8)15-11/h6,9H,4-5H2,1-3H3,(H2,13,14,15). The maximum atomic E-state index is 5.96. The van der Waals surface area contributed by atoms with E-state index in [1.54, 1.807) is 11.3 Å². The average molecular weight is 251 g/mol. The van der Waals surface area contributed by atoms with Crippen LogP contribution in [0.25, 0.3) is 10.2 Å². The van der Waals surface area contributed by atoms with Crippen LogP contribution in [0.3, 0.4) is 0 Å². The maximum absolute atomic E-state index is 5.96. The highest BCUT2D eigenvalue weighted by molar-refractivity contribution is 7.18. The lowest BCUT2D eigenvalue weighted by molar-refractivity contribution is 0.0539. The lowest BCUT2D eigenvalue weighted by Crippen LogP contribution is -2.09. The number of thiophene rings is 1. The summed E-state index contributed by atoms with van der Waals surface area (Å²) in [7, 11) is 0. The molecule has 17 heavy (non-hydrogen) atoms. The quantitative estimate of drug-likeness (QED) is 0.907. The van der Waals surface area contributed by atoms with Crippen LogP contribution < -0.4 is 5.73 Å². The van der Waals surface area contributed by atoms with Gasteiger partial charge in [0.05, 0.1) is 5.39 Å². The molecule has 0 fully saturated rings. The van der Waals surface area contributed by atoms with Gasteiger partial charge in [-0.05, 0) is 26.3 Å². The first-order valence-corrected chi connectivity index (χ1v) is 6.62. The molecule has 0 aliphatic rings. The summed E-state index contributed by atoms with van der Waals surface area (Å²) in [5.74, 6) is 1.24. The summed E-state index contributed by atoms with van der Waals surface area (Å²) in [6, 6.07) is 2.03. The summed E-state index contributed by atoms with van der Waals surface area (Å²) in [6.07, 6.45) is 0.789. The van der Waals surface area contributed by atoms with E-state index in [0.717, 1.165) is 16.6 Å². The van der Waals surface area contributed by atoms with E-state index in [2.05, 4.69) is 16.9 Å². The van der Waals surface area contributed by atoms with Crippen LogP contribution in [0.1, 0.15) is 37.1 Å². The van der Waals surface area contributed by atoms with Gasteiger partial charge in [-0.2, -0.15) is 0 Å². The third-order valence-corrected chi connectivity index (χ3v) is 3.53. The molecular weight excluding hydrogens is 234 g/mol. The maximum Gasteiger partial charge on any atom is 0.161 e. The van der Waals surface area contributed by atoms with Crippen molar-refractivity contribution in [2.45, 2.75) is 33.3 Å². The minimum atomic E-state index is -0.0610.